The molecule has 0 spiro atoms. The lowest BCUT2D eigenvalue weighted by Crippen LogP contribution is -2.31. The SMILES string of the molecule is CCC(C)CN(C)C(=O)c1ccc(N)cc1C. The Morgan fingerprint density at radius 1 is 1.47 bits per heavy atom. The van der Waals surface area contributed by atoms with Crippen molar-refractivity contribution in [2.45, 2.75) is 27.2 Å². The smallest absolute Gasteiger partial charge is 0.253 e. The number of nitrogens with zero attached hydrogens (tertiary/aromatic N) is 1. The molecule has 1 rings (SSSR count). The van der Waals surface area contributed by atoms with E-state index in [4.69, 9.17) is 5.73 Å². The molecule has 3 nitrogen and oxygen atoms in total. The first-order chi connectivity index (χ1) is 7.95. The monoisotopic (exact) mass is 234 g/mol. The van der Waals surface area contributed by atoms with Gasteiger partial charge in [0.15, 0.2) is 0 Å². The maximum absolute atomic E-state index is 12.2. The van der Waals surface area contributed by atoms with Crippen LogP contribution in [0, 0.1) is 12.8 Å². The van der Waals surface area contributed by atoms with Crippen LogP contribution in [0.4, 0.5) is 5.69 Å². The number of rotatable bonds is 4. The van der Waals surface area contributed by atoms with Crippen LogP contribution in [-0.2, 0) is 0 Å². The number of benzene rings is 1. The van der Waals surface area contributed by atoms with Crippen molar-refractivity contribution in [3.63, 3.8) is 0 Å². The minimum atomic E-state index is 0.0720. The summed E-state index contributed by atoms with van der Waals surface area (Å²) < 4.78 is 0. The summed E-state index contributed by atoms with van der Waals surface area (Å²) >= 11 is 0. The van der Waals surface area contributed by atoms with Crippen molar-refractivity contribution in [1.82, 2.24) is 4.90 Å². The maximum Gasteiger partial charge on any atom is 0.253 e. The molecule has 0 bridgehead atoms. The highest BCUT2D eigenvalue weighted by atomic mass is 16.2. The third-order valence-electron chi connectivity index (χ3n) is 3.11. The van der Waals surface area contributed by atoms with Crippen LogP contribution in [0.15, 0.2) is 18.2 Å². The van der Waals surface area contributed by atoms with Crippen LogP contribution in [0.2, 0.25) is 0 Å². The first kappa shape index (κ1) is 13.6. The normalized spacial score (nSPS) is 12.2. The zero-order valence-corrected chi connectivity index (χ0v) is 11.2. The molecule has 17 heavy (non-hydrogen) atoms. The number of aryl methyl sites for hydroxylation is 1. The number of anilines is 1. The van der Waals surface area contributed by atoms with Crippen LogP contribution < -0.4 is 5.73 Å². The van der Waals surface area contributed by atoms with Gasteiger partial charge in [-0.2, -0.15) is 0 Å². The van der Waals surface area contributed by atoms with Gasteiger partial charge in [-0.05, 0) is 36.6 Å². The van der Waals surface area contributed by atoms with E-state index < -0.39 is 0 Å². The fraction of sp³-hybridized carbons (Fsp3) is 0.500. The van der Waals surface area contributed by atoms with Crippen molar-refractivity contribution in [3.8, 4) is 0 Å². The first-order valence-electron chi connectivity index (χ1n) is 6.07. The molecule has 1 aromatic carbocycles. The Balaban J connectivity index is 2.81. The van der Waals surface area contributed by atoms with Crippen molar-refractivity contribution < 1.29 is 4.79 Å². The number of nitrogens with two attached hydrogens (primary N) is 1. The van der Waals surface area contributed by atoms with Gasteiger partial charge in [-0.15, -0.1) is 0 Å². The summed E-state index contributed by atoms with van der Waals surface area (Å²) in [5, 5.41) is 0. The van der Waals surface area contributed by atoms with E-state index in [1.54, 1.807) is 17.0 Å². The van der Waals surface area contributed by atoms with Crippen LogP contribution in [0.3, 0.4) is 0 Å². The molecule has 1 unspecified atom stereocenters. The predicted molar refractivity (Wildman–Crippen MR) is 72.0 cm³/mol. The predicted octanol–water partition coefficient (Wildman–Crippen LogP) is 2.70. The highest BCUT2D eigenvalue weighted by molar-refractivity contribution is 5.95. The molecule has 0 aromatic heterocycles. The number of hydrogen-bond donors (Lipinski definition) is 1. The lowest BCUT2D eigenvalue weighted by Gasteiger charge is -2.21. The second kappa shape index (κ2) is 5.71. The molecule has 0 radical (unpaired) electrons. The molecule has 1 amide bonds. The van der Waals surface area contributed by atoms with Gasteiger partial charge in [-0.1, -0.05) is 20.3 Å². The molecule has 0 heterocycles. The van der Waals surface area contributed by atoms with Crippen LogP contribution in [-0.4, -0.2) is 24.4 Å². The molecule has 0 aliphatic rings. The highest BCUT2D eigenvalue weighted by Gasteiger charge is 2.15. The van der Waals surface area contributed by atoms with Gasteiger partial charge in [0.1, 0.15) is 0 Å². The Hall–Kier alpha value is -1.51. The van der Waals surface area contributed by atoms with Gasteiger partial charge in [0.05, 0.1) is 0 Å². The Kier molecular flexibility index (Phi) is 4.55. The summed E-state index contributed by atoms with van der Waals surface area (Å²) in [6.07, 6.45) is 1.08. The summed E-state index contributed by atoms with van der Waals surface area (Å²) in [5.74, 6) is 0.598. The number of hydrogen-bond acceptors (Lipinski definition) is 2. The van der Waals surface area contributed by atoms with Crippen LogP contribution in [0.25, 0.3) is 0 Å². The van der Waals surface area contributed by atoms with E-state index in [1.807, 2.05) is 20.0 Å². The van der Waals surface area contributed by atoms with E-state index >= 15 is 0 Å². The van der Waals surface area contributed by atoms with E-state index in [9.17, 15) is 4.79 Å². The third kappa shape index (κ3) is 3.48. The van der Waals surface area contributed by atoms with Gasteiger partial charge in [-0.3, -0.25) is 4.79 Å². The molecule has 0 saturated carbocycles. The summed E-state index contributed by atoms with van der Waals surface area (Å²) in [5.41, 5.74) is 8.06. The van der Waals surface area contributed by atoms with E-state index in [1.165, 1.54) is 0 Å². The number of carbonyl (C=O) groups excluding carboxylic acids is 1. The summed E-state index contributed by atoms with van der Waals surface area (Å²) in [6, 6.07) is 5.42. The van der Waals surface area contributed by atoms with Crippen molar-refractivity contribution >= 4 is 11.6 Å². The van der Waals surface area contributed by atoms with E-state index in [-0.39, 0.29) is 5.91 Å². The minimum Gasteiger partial charge on any atom is -0.399 e. The Morgan fingerprint density at radius 3 is 2.65 bits per heavy atom. The van der Waals surface area contributed by atoms with Crippen molar-refractivity contribution in [1.29, 1.82) is 0 Å². The van der Waals surface area contributed by atoms with E-state index in [0.29, 0.717) is 11.6 Å². The van der Waals surface area contributed by atoms with Crippen molar-refractivity contribution in [3.05, 3.63) is 29.3 Å². The van der Waals surface area contributed by atoms with Gasteiger partial charge in [0, 0.05) is 24.8 Å². The molecule has 1 atom stereocenters. The van der Waals surface area contributed by atoms with Gasteiger partial charge in [0.25, 0.3) is 5.91 Å². The molecule has 0 saturated heterocycles. The summed E-state index contributed by atoms with van der Waals surface area (Å²) in [4.78, 5) is 14.0. The quantitative estimate of drug-likeness (QED) is 0.814. The average Bonchev–Trinajstić information content (AvgIpc) is 2.28. The Labute approximate surface area is 104 Å². The molecular weight excluding hydrogens is 212 g/mol. The number of carbonyl (C=O) groups is 1. The maximum atomic E-state index is 12.2. The topological polar surface area (TPSA) is 46.3 Å². The Morgan fingerprint density at radius 2 is 2.12 bits per heavy atom. The second-order valence-corrected chi connectivity index (χ2v) is 4.77. The lowest BCUT2D eigenvalue weighted by atomic mass is 10.1. The van der Waals surface area contributed by atoms with Gasteiger partial charge < -0.3 is 10.6 Å². The average molecular weight is 234 g/mol. The van der Waals surface area contributed by atoms with Crippen LogP contribution >= 0.6 is 0 Å². The molecule has 3 heteroatoms. The molecule has 2 N–H and O–H groups in total. The van der Waals surface area contributed by atoms with Crippen LogP contribution in [0.1, 0.15) is 36.2 Å². The fourth-order valence-electron chi connectivity index (χ4n) is 1.81. The fourth-order valence-corrected chi connectivity index (χ4v) is 1.81. The molecule has 1 aromatic rings. The minimum absolute atomic E-state index is 0.0720. The van der Waals surface area contributed by atoms with Crippen molar-refractivity contribution in [2.24, 2.45) is 5.92 Å². The zero-order valence-electron chi connectivity index (χ0n) is 11.2. The molecule has 94 valence electrons. The van der Waals surface area contributed by atoms with Crippen molar-refractivity contribution in [2.75, 3.05) is 19.3 Å². The highest BCUT2D eigenvalue weighted by Crippen LogP contribution is 2.15. The molecular formula is C14H22N2O. The zero-order chi connectivity index (χ0) is 13.0. The summed E-state index contributed by atoms with van der Waals surface area (Å²) in [6.45, 7) is 7.00. The first-order valence-corrected chi connectivity index (χ1v) is 6.07. The van der Waals surface area contributed by atoms with Crippen LogP contribution in [0.5, 0.6) is 0 Å². The largest absolute Gasteiger partial charge is 0.399 e. The second-order valence-electron chi connectivity index (χ2n) is 4.77. The van der Waals surface area contributed by atoms with E-state index in [2.05, 4.69) is 13.8 Å². The summed E-state index contributed by atoms with van der Waals surface area (Å²) in [7, 11) is 1.85. The third-order valence-corrected chi connectivity index (χ3v) is 3.11. The molecule has 0 aliphatic heterocycles. The van der Waals surface area contributed by atoms with Gasteiger partial charge in [0.2, 0.25) is 0 Å². The molecule has 0 fully saturated rings. The Bertz CT molecular complexity index is 401. The van der Waals surface area contributed by atoms with Gasteiger partial charge >= 0.3 is 0 Å². The number of amides is 1. The standard InChI is InChI=1S/C14H22N2O/c1-5-10(2)9-16(4)14(17)13-7-6-12(15)8-11(13)3/h6-8,10H,5,9,15H2,1-4H3. The molecule has 0 aliphatic carbocycles. The van der Waals surface area contributed by atoms with Gasteiger partial charge in [-0.25, -0.2) is 0 Å². The lowest BCUT2D eigenvalue weighted by molar-refractivity contribution is 0.0774. The van der Waals surface area contributed by atoms with E-state index in [0.717, 1.165) is 24.1 Å². The number of nitrogen functional groups attached to an aromatic ring is 1.